The van der Waals surface area contributed by atoms with E-state index in [1.54, 1.807) is 26.4 Å². The summed E-state index contributed by atoms with van der Waals surface area (Å²) >= 11 is 0. The van der Waals surface area contributed by atoms with E-state index in [1.807, 2.05) is 30.3 Å². The number of rotatable bonds is 2. The number of hydrogen-bond donors (Lipinski definition) is 0. The highest BCUT2D eigenvalue weighted by Crippen LogP contribution is 2.23. The third-order valence-corrected chi connectivity index (χ3v) is 2.76. The molecule has 0 aliphatic heterocycles. The molecule has 0 N–H and O–H groups in total. The predicted octanol–water partition coefficient (Wildman–Crippen LogP) is 2.98. The Balaban J connectivity index is 2.33. The summed E-state index contributed by atoms with van der Waals surface area (Å²) in [4.78, 5) is 0. The highest BCUT2D eigenvalue weighted by Gasteiger charge is 2.01. The molecule has 0 aliphatic rings. The van der Waals surface area contributed by atoms with Gasteiger partial charge in [0, 0.05) is 5.56 Å². The van der Waals surface area contributed by atoms with Crippen LogP contribution in [0.15, 0.2) is 42.5 Å². The van der Waals surface area contributed by atoms with Gasteiger partial charge in [0.1, 0.15) is 11.5 Å². The fourth-order valence-corrected chi connectivity index (χ4v) is 1.68. The third kappa shape index (κ3) is 3.10. The van der Waals surface area contributed by atoms with Crippen molar-refractivity contribution < 1.29 is 9.47 Å². The van der Waals surface area contributed by atoms with Gasteiger partial charge in [-0.25, -0.2) is 0 Å². The highest BCUT2D eigenvalue weighted by atomic mass is 16.5. The molecule has 0 aliphatic carbocycles. The molecule has 0 amide bonds. The van der Waals surface area contributed by atoms with Gasteiger partial charge in [-0.3, -0.25) is 0 Å². The van der Waals surface area contributed by atoms with E-state index < -0.39 is 0 Å². The Labute approximate surface area is 118 Å². The van der Waals surface area contributed by atoms with Crippen LogP contribution in [0.2, 0.25) is 0 Å². The lowest BCUT2D eigenvalue weighted by Gasteiger charge is -2.05. The van der Waals surface area contributed by atoms with Crippen molar-refractivity contribution >= 4 is 0 Å². The van der Waals surface area contributed by atoms with Gasteiger partial charge in [0.25, 0.3) is 0 Å². The van der Waals surface area contributed by atoms with Crippen molar-refractivity contribution in [3.05, 3.63) is 59.2 Å². The van der Waals surface area contributed by atoms with E-state index in [-0.39, 0.29) is 0 Å². The largest absolute Gasteiger partial charge is 0.497 e. The molecule has 0 aromatic heterocycles. The fourth-order valence-electron chi connectivity index (χ4n) is 1.68. The molecule has 3 heteroatoms. The van der Waals surface area contributed by atoms with Gasteiger partial charge in [0.05, 0.1) is 31.4 Å². The first-order valence-corrected chi connectivity index (χ1v) is 6.01. The van der Waals surface area contributed by atoms with Crippen LogP contribution in [0, 0.1) is 23.2 Å². The second kappa shape index (κ2) is 6.31. The Morgan fingerprint density at radius 1 is 0.850 bits per heavy atom. The number of benzene rings is 2. The SMILES string of the molecule is COc1ccc(OC)c(C#Cc2ccc(C#N)cc2)c1. The van der Waals surface area contributed by atoms with Crippen LogP contribution >= 0.6 is 0 Å². The molecular formula is C17H13NO2. The Kier molecular flexibility index (Phi) is 4.27. The summed E-state index contributed by atoms with van der Waals surface area (Å²) < 4.78 is 10.4. The first-order valence-electron chi connectivity index (χ1n) is 6.01. The predicted molar refractivity (Wildman–Crippen MR) is 76.7 cm³/mol. The molecule has 0 atom stereocenters. The maximum Gasteiger partial charge on any atom is 0.134 e. The lowest BCUT2D eigenvalue weighted by molar-refractivity contribution is 0.402. The zero-order chi connectivity index (χ0) is 14.4. The van der Waals surface area contributed by atoms with E-state index >= 15 is 0 Å². The summed E-state index contributed by atoms with van der Waals surface area (Å²) in [6, 6.07) is 14.7. The summed E-state index contributed by atoms with van der Waals surface area (Å²) in [6.45, 7) is 0. The van der Waals surface area contributed by atoms with Crippen molar-refractivity contribution in [1.82, 2.24) is 0 Å². The van der Waals surface area contributed by atoms with E-state index in [0.29, 0.717) is 11.3 Å². The molecule has 20 heavy (non-hydrogen) atoms. The van der Waals surface area contributed by atoms with Crippen molar-refractivity contribution in [1.29, 1.82) is 5.26 Å². The lowest BCUT2D eigenvalue weighted by atomic mass is 10.1. The maximum absolute atomic E-state index is 8.75. The molecule has 2 rings (SSSR count). The van der Waals surface area contributed by atoms with E-state index in [9.17, 15) is 0 Å². The first kappa shape index (κ1) is 13.5. The zero-order valence-electron chi connectivity index (χ0n) is 11.3. The molecule has 0 heterocycles. The number of nitrogens with zero attached hydrogens (tertiary/aromatic N) is 1. The highest BCUT2D eigenvalue weighted by molar-refractivity contribution is 5.53. The molecule has 0 saturated carbocycles. The minimum Gasteiger partial charge on any atom is -0.497 e. The molecule has 98 valence electrons. The molecular weight excluding hydrogens is 250 g/mol. The topological polar surface area (TPSA) is 42.2 Å². The van der Waals surface area contributed by atoms with E-state index in [4.69, 9.17) is 14.7 Å². The summed E-state index contributed by atoms with van der Waals surface area (Å²) in [6.07, 6.45) is 0. The van der Waals surface area contributed by atoms with Crippen LogP contribution in [0.4, 0.5) is 0 Å². The summed E-state index contributed by atoms with van der Waals surface area (Å²) in [7, 11) is 3.22. The molecule has 0 bridgehead atoms. The van der Waals surface area contributed by atoms with Crippen LogP contribution in [0.1, 0.15) is 16.7 Å². The van der Waals surface area contributed by atoms with Crippen molar-refractivity contribution in [3.8, 4) is 29.4 Å². The Bertz CT molecular complexity index is 700. The lowest BCUT2D eigenvalue weighted by Crippen LogP contribution is -1.90. The smallest absolute Gasteiger partial charge is 0.134 e. The van der Waals surface area contributed by atoms with Gasteiger partial charge in [-0.15, -0.1) is 0 Å². The second-order valence-electron chi connectivity index (χ2n) is 4.01. The molecule has 0 radical (unpaired) electrons. The Morgan fingerprint density at radius 2 is 1.55 bits per heavy atom. The average Bonchev–Trinajstić information content (AvgIpc) is 2.53. The van der Waals surface area contributed by atoms with Crippen LogP contribution in [-0.2, 0) is 0 Å². The maximum atomic E-state index is 8.75. The standard InChI is InChI=1S/C17H13NO2/c1-19-16-9-10-17(20-2)15(11-16)8-7-13-3-5-14(12-18)6-4-13/h3-6,9-11H,1-2H3. The van der Waals surface area contributed by atoms with Crippen molar-refractivity contribution in [2.75, 3.05) is 14.2 Å². The quantitative estimate of drug-likeness (QED) is 0.782. The minimum atomic E-state index is 0.620. The summed E-state index contributed by atoms with van der Waals surface area (Å²) in [5, 5.41) is 8.75. The van der Waals surface area contributed by atoms with Crippen LogP contribution in [0.3, 0.4) is 0 Å². The second-order valence-corrected chi connectivity index (χ2v) is 4.01. The number of methoxy groups -OCH3 is 2. The summed E-state index contributed by atoms with van der Waals surface area (Å²) in [5.74, 6) is 7.53. The van der Waals surface area contributed by atoms with Crippen LogP contribution in [-0.4, -0.2) is 14.2 Å². The van der Waals surface area contributed by atoms with Crippen LogP contribution in [0.5, 0.6) is 11.5 Å². The molecule has 0 unspecified atom stereocenters. The first-order chi connectivity index (χ1) is 9.76. The van der Waals surface area contributed by atoms with E-state index in [2.05, 4.69) is 17.9 Å². The monoisotopic (exact) mass is 263 g/mol. The number of hydrogen-bond acceptors (Lipinski definition) is 3. The molecule has 2 aromatic carbocycles. The number of nitriles is 1. The minimum absolute atomic E-state index is 0.620. The van der Waals surface area contributed by atoms with Gasteiger partial charge in [0.2, 0.25) is 0 Å². The average molecular weight is 263 g/mol. The van der Waals surface area contributed by atoms with Crippen molar-refractivity contribution in [2.24, 2.45) is 0 Å². The normalized spacial score (nSPS) is 9.05. The van der Waals surface area contributed by atoms with Crippen molar-refractivity contribution in [3.63, 3.8) is 0 Å². The molecule has 0 fully saturated rings. The molecule has 3 nitrogen and oxygen atoms in total. The van der Waals surface area contributed by atoms with Crippen molar-refractivity contribution in [2.45, 2.75) is 0 Å². The van der Waals surface area contributed by atoms with Crippen LogP contribution < -0.4 is 9.47 Å². The van der Waals surface area contributed by atoms with Crippen LogP contribution in [0.25, 0.3) is 0 Å². The molecule has 0 saturated heterocycles. The Hall–Kier alpha value is -2.91. The fraction of sp³-hybridized carbons (Fsp3) is 0.118. The van der Waals surface area contributed by atoms with Gasteiger partial charge in [-0.05, 0) is 42.5 Å². The van der Waals surface area contributed by atoms with E-state index in [0.717, 1.165) is 16.9 Å². The van der Waals surface area contributed by atoms with Gasteiger partial charge >= 0.3 is 0 Å². The van der Waals surface area contributed by atoms with Gasteiger partial charge in [-0.1, -0.05) is 11.8 Å². The zero-order valence-corrected chi connectivity index (χ0v) is 11.3. The van der Waals surface area contributed by atoms with Gasteiger partial charge in [-0.2, -0.15) is 5.26 Å². The number of ether oxygens (including phenoxy) is 2. The van der Waals surface area contributed by atoms with Gasteiger partial charge in [0.15, 0.2) is 0 Å². The Morgan fingerprint density at radius 3 is 2.15 bits per heavy atom. The molecule has 2 aromatic rings. The summed E-state index contributed by atoms with van der Waals surface area (Å²) in [5.41, 5.74) is 2.22. The van der Waals surface area contributed by atoms with Gasteiger partial charge < -0.3 is 9.47 Å². The van der Waals surface area contributed by atoms with E-state index in [1.165, 1.54) is 0 Å². The molecule has 0 spiro atoms. The third-order valence-electron chi connectivity index (χ3n) is 2.76.